The van der Waals surface area contributed by atoms with Crippen molar-refractivity contribution in [2.45, 2.75) is 31.5 Å². The van der Waals surface area contributed by atoms with E-state index in [0.717, 1.165) is 16.2 Å². The summed E-state index contributed by atoms with van der Waals surface area (Å²) in [5.41, 5.74) is 2.03. The van der Waals surface area contributed by atoms with Gasteiger partial charge in [-0.25, -0.2) is 4.98 Å². The number of carboxylic acids is 1. The van der Waals surface area contributed by atoms with E-state index in [2.05, 4.69) is 23.4 Å². The molecule has 0 amide bonds. The molecule has 18 heavy (non-hydrogen) atoms. The minimum Gasteiger partial charge on any atom is -0.550 e. The summed E-state index contributed by atoms with van der Waals surface area (Å²) in [6, 6.07) is 8.24. The van der Waals surface area contributed by atoms with Gasteiger partial charge in [-0.2, -0.15) is 0 Å². The molecule has 0 spiro atoms. The average molecular weight is 263 g/mol. The first-order chi connectivity index (χ1) is 8.59. The lowest BCUT2D eigenvalue weighted by molar-refractivity contribution is -0.305. The molecule has 4 nitrogen and oxygen atoms in total. The van der Waals surface area contributed by atoms with Crippen molar-refractivity contribution in [1.29, 1.82) is 0 Å². The molecule has 0 saturated heterocycles. The summed E-state index contributed by atoms with van der Waals surface area (Å²) in [6.45, 7) is 4.19. The topological polar surface area (TPSA) is 58.0 Å². The van der Waals surface area contributed by atoms with E-state index in [1.165, 1.54) is 11.8 Å². The number of nitrogens with zero attached hydrogens (tertiary/aromatic N) is 2. The Bertz CT molecular complexity index is 563. The van der Waals surface area contributed by atoms with Gasteiger partial charge in [-0.05, 0) is 32.4 Å². The van der Waals surface area contributed by atoms with Crippen molar-refractivity contribution in [3.8, 4) is 0 Å². The molecule has 0 saturated carbocycles. The summed E-state index contributed by atoms with van der Waals surface area (Å²) < 4.78 is 2.13. The zero-order chi connectivity index (χ0) is 13.1. The van der Waals surface area contributed by atoms with E-state index < -0.39 is 5.97 Å². The van der Waals surface area contributed by atoms with E-state index in [4.69, 9.17) is 0 Å². The van der Waals surface area contributed by atoms with E-state index >= 15 is 0 Å². The number of thioether (sulfide) groups is 1. The maximum Gasteiger partial charge on any atom is 0.169 e. The summed E-state index contributed by atoms with van der Waals surface area (Å²) in [7, 11) is 0. The summed E-state index contributed by atoms with van der Waals surface area (Å²) in [6.07, 6.45) is 0.0476. The minimum atomic E-state index is -1.02. The summed E-state index contributed by atoms with van der Waals surface area (Å²) in [5, 5.41) is 11.3. The molecule has 0 fully saturated rings. The predicted molar refractivity (Wildman–Crippen MR) is 70.5 cm³/mol. The molecule has 1 aromatic carbocycles. The van der Waals surface area contributed by atoms with E-state index in [-0.39, 0.29) is 6.42 Å². The van der Waals surface area contributed by atoms with Gasteiger partial charge in [0.15, 0.2) is 5.16 Å². The van der Waals surface area contributed by atoms with Crippen molar-refractivity contribution in [1.82, 2.24) is 9.55 Å². The van der Waals surface area contributed by atoms with Gasteiger partial charge in [0.1, 0.15) is 0 Å². The van der Waals surface area contributed by atoms with Crippen molar-refractivity contribution in [3.63, 3.8) is 0 Å². The lowest BCUT2D eigenvalue weighted by atomic mass is 10.3. The third kappa shape index (κ3) is 2.67. The third-order valence-electron chi connectivity index (χ3n) is 2.62. The number of aliphatic carboxylic acids is 1. The number of aromatic nitrogens is 2. The molecule has 0 aliphatic rings. The predicted octanol–water partition coefficient (Wildman–Crippen LogP) is 1.85. The number of hydrogen-bond acceptors (Lipinski definition) is 4. The van der Waals surface area contributed by atoms with Crippen molar-refractivity contribution in [3.05, 3.63) is 24.3 Å². The van der Waals surface area contributed by atoms with Crippen LogP contribution in [0.4, 0.5) is 0 Å². The van der Waals surface area contributed by atoms with Crippen molar-refractivity contribution >= 4 is 28.8 Å². The normalized spacial score (nSPS) is 11.3. The molecule has 0 N–H and O–H groups in total. The number of hydrogen-bond donors (Lipinski definition) is 0. The largest absolute Gasteiger partial charge is 0.550 e. The number of carbonyl (C=O) groups excluding carboxylic acids is 1. The number of rotatable bonds is 5. The van der Waals surface area contributed by atoms with Crippen LogP contribution in [0.3, 0.4) is 0 Å². The first kappa shape index (κ1) is 13.0. The highest BCUT2D eigenvalue weighted by Crippen LogP contribution is 2.27. The van der Waals surface area contributed by atoms with Crippen LogP contribution in [0.5, 0.6) is 0 Å². The maximum absolute atomic E-state index is 10.4. The van der Waals surface area contributed by atoms with E-state index in [9.17, 15) is 9.90 Å². The van der Waals surface area contributed by atoms with Gasteiger partial charge in [0, 0.05) is 17.8 Å². The van der Waals surface area contributed by atoms with Crippen molar-refractivity contribution in [2.75, 3.05) is 5.75 Å². The molecule has 2 aromatic rings. The lowest BCUT2D eigenvalue weighted by Gasteiger charge is -2.12. The zero-order valence-corrected chi connectivity index (χ0v) is 11.2. The van der Waals surface area contributed by atoms with Gasteiger partial charge in [-0.1, -0.05) is 23.9 Å². The molecule has 0 aliphatic carbocycles. The van der Waals surface area contributed by atoms with E-state index in [0.29, 0.717) is 11.8 Å². The van der Waals surface area contributed by atoms with Crippen LogP contribution in [-0.4, -0.2) is 21.3 Å². The molecule has 5 heteroatoms. The number of benzene rings is 1. The second-order valence-electron chi connectivity index (χ2n) is 4.32. The van der Waals surface area contributed by atoms with Gasteiger partial charge in [0.05, 0.1) is 11.0 Å². The van der Waals surface area contributed by atoms with Crippen molar-refractivity contribution in [2.24, 2.45) is 0 Å². The van der Waals surface area contributed by atoms with Gasteiger partial charge < -0.3 is 14.5 Å². The Morgan fingerprint density at radius 2 is 2.17 bits per heavy atom. The van der Waals surface area contributed by atoms with Crippen LogP contribution >= 0.6 is 11.8 Å². The van der Waals surface area contributed by atoms with Gasteiger partial charge in [0.2, 0.25) is 0 Å². The van der Waals surface area contributed by atoms with Gasteiger partial charge >= 0.3 is 0 Å². The highest BCUT2D eigenvalue weighted by Gasteiger charge is 2.12. The molecule has 0 unspecified atom stereocenters. The van der Waals surface area contributed by atoms with Crippen LogP contribution in [0.25, 0.3) is 11.0 Å². The second-order valence-corrected chi connectivity index (χ2v) is 5.38. The fraction of sp³-hybridized carbons (Fsp3) is 0.385. The number of para-hydroxylation sites is 2. The number of carboxylic acid groups (broad SMARTS) is 1. The van der Waals surface area contributed by atoms with Gasteiger partial charge in [0.25, 0.3) is 0 Å². The highest BCUT2D eigenvalue weighted by atomic mass is 32.2. The smallest absolute Gasteiger partial charge is 0.169 e. The molecular weight excluding hydrogens is 248 g/mol. The molecule has 0 aliphatic heterocycles. The Balaban J connectivity index is 2.31. The standard InChI is InChI=1S/C13H16N2O2S/c1-9(2)15-11-6-4-3-5-10(11)14-13(15)18-8-7-12(16)17/h3-6,9H,7-8H2,1-2H3,(H,16,17)/p-1. The van der Waals surface area contributed by atoms with Crippen LogP contribution in [0.15, 0.2) is 29.4 Å². The lowest BCUT2D eigenvalue weighted by Crippen LogP contribution is -2.22. The Morgan fingerprint density at radius 1 is 1.44 bits per heavy atom. The molecule has 0 bridgehead atoms. The average Bonchev–Trinajstić information content (AvgIpc) is 2.66. The van der Waals surface area contributed by atoms with Gasteiger partial charge in [-0.15, -0.1) is 0 Å². The fourth-order valence-corrected chi connectivity index (χ4v) is 2.91. The summed E-state index contributed by atoms with van der Waals surface area (Å²) >= 11 is 1.46. The molecule has 96 valence electrons. The first-order valence-electron chi connectivity index (χ1n) is 5.89. The minimum absolute atomic E-state index is 0.0476. The van der Waals surface area contributed by atoms with Crippen LogP contribution in [0.2, 0.25) is 0 Å². The molecule has 1 aromatic heterocycles. The van der Waals surface area contributed by atoms with Crippen LogP contribution in [0.1, 0.15) is 26.3 Å². The van der Waals surface area contributed by atoms with Crippen molar-refractivity contribution < 1.29 is 9.90 Å². The van der Waals surface area contributed by atoms with Crippen LogP contribution < -0.4 is 5.11 Å². The third-order valence-corrected chi connectivity index (χ3v) is 3.57. The quantitative estimate of drug-likeness (QED) is 0.772. The Labute approximate surface area is 110 Å². The molecule has 0 radical (unpaired) electrons. The van der Waals surface area contributed by atoms with Gasteiger partial charge in [-0.3, -0.25) is 0 Å². The monoisotopic (exact) mass is 263 g/mol. The summed E-state index contributed by atoms with van der Waals surface area (Å²) in [4.78, 5) is 15.0. The number of imidazole rings is 1. The molecule has 2 rings (SSSR count). The fourth-order valence-electron chi connectivity index (χ4n) is 1.85. The zero-order valence-electron chi connectivity index (χ0n) is 10.4. The maximum atomic E-state index is 10.4. The van der Waals surface area contributed by atoms with Crippen LogP contribution in [-0.2, 0) is 4.79 Å². The number of fused-ring (bicyclic) bond motifs is 1. The van der Waals surface area contributed by atoms with E-state index in [1.807, 2.05) is 24.3 Å². The molecule has 0 atom stereocenters. The Morgan fingerprint density at radius 3 is 2.83 bits per heavy atom. The first-order valence-corrected chi connectivity index (χ1v) is 6.87. The highest BCUT2D eigenvalue weighted by molar-refractivity contribution is 7.99. The Kier molecular flexibility index (Phi) is 3.91. The molecule has 1 heterocycles. The SMILES string of the molecule is CC(C)n1c(SCCC(=O)[O-])nc2ccccc21. The number of carbonyl (C=O) groups is 1. The second kappa shape index (κ2) is 5.44. The Hall–Kier alpha value is -1.49. The van der Waals surface area contributed by atoms with E-state index in [1.54, 1.807) is 0 Å². The van der Waals surface area contributed by atoms with Crippen LogP contribution in [0, 0.1) is 0 Å². The summed E-state index contributed by atoms with van der Waals surface area (Å²) in [5.74, 6) is -0.534. The molecular formula is C13H15N2O2S-.